The van der Waals surface area contributed by atoms with Gasteiger partial charge in [0, 0.05) is 37.5 Å². The molecule has 1 aromatic rings. The molecule has 1 fully saturated rings. The van der Waals surface area contributed by atoms with E-state index in [2.05, 4.69) is 38.1 Å². The van der Waals surface area contributed by atoms with Crippen LogP contribution in [0.1, 0.15) is 43.6 Å². The summed E-state index contributed by atoms with van der Waals surface area (Å²) in [6.07, 6.45) is 2.64. The molecule has 4 heteroatoms. The Morgan fingerprint density at radius 3 is 2.74 bits per heavy atom. The fourth-order valence-electron chi connectivity index (χ4n) is 2.80. The van der Waals surface area contributed by atoms with Crippen molar-refractivity contribution in [3.8, 4) is 0 Å². The molecule has 0 bridgehead atoms. The van der Waals surface area contributed by atoms with Gasteiger partial charge in [-0.2, -0.15) is 5.10 Å². The molecule has 2 heterocycles. The zero-order chi connectivity index (χ0) is 14.0. The highest BCUT2D eigenvalue weighted by Crippen LogP contribution is 2.21. The van der Waals surface area contributed by atoms with Crippen LogP contribution in [0.5, 0.6) is 0 Å². The van der Waals surface area contributed by atoms with E-state index in [-0.39, 0.29) is 0 Å². The van der Waals surface area contributed by atoms with Gasteiger partial charge in [0.15, 0.2) is 0 Å². The molecule has 0 aliphatic carbocycles. The first-order valence-electron chi connectivity index (χ1n) is 7.33. The lowest BCUT2D eigenvalue weighted by Crippen LogP contribution is -2.40. The van der Waals surface area contributed by atoms with Crippen LogP contribution in [-0.2, 0) is 18.3 Å². The smallest absolute Gasteiger partial charge is 0.0641 e. The molecule has 0 spiro atoms. The Morgan fingerprint density at radius 1 is 1.42 bits per heavy atom. The number of rotatable bonds is 4. The summed E-state index contributed by atoms with van der Waals surface area (Å²) in [7, 11) is 2.01. The summed E-state index contributed by atoms with van der Waals surface area (Å²) in [5.41, 5.74) is 3.74. The molecule has 2 unspecified atom stereocenters. The second-order valence-corrected chi connectivity index (χ2v) is 6.03. The number of nitrogens with zero attached hydrogens (tertiary/aromatic N) is 2. The highest BCUT2D eigenvalue weighted by Gasteiger charge is 2.24. The molecule has 1 aliphatic heterocycles. The lowest BCUT2D eigenvalue weighted by atomic mass is 9.95. The summed E-state index contributed by atoms with van der Waals surface area (Å²) in [5, 5.41) is 8.15. The van der Waals surface area contributed by atoms with Crippen LogP contribution < -0.4 is 5.32 Å². The highest BCUT2D eigenvalue weighted by molar-refractivity contribution is 5.24. The first kappa shape index (κ1) is 14.5. The van der Waals surface area contributed by atoms with Crippen LogP contribution in [0.2, 0.25) is 0 Å². The van der Waals surface area contributed by atoms with Gasteiger partial charge in [-0.05, 0) is 32.6 Å². The van der Waals surface area contributed by atoms with Crippen molar-refractivity contribution in [3.63, 3.8) is 0 Å². The molecule has 4 nitrogen and oxygen atoms in total. The maximum Gasteiger partial charge on any atom is 0.0641 e. The van der Waals surface area contributed by atoms with Crippen molar-refractivity contribution in [2.45, 2.75) is 59.2 Å². The fourth-order valence-corrected chi connectivity index (χ4v) is 2.80. The molecule has 0 radical (unpaired) electrons. The van der Waals surface area contributed by atoms with Crippen molar-refractivity contribution in [3.05, 3.63) is 17.0 Å². The summed E-state index contributed by atoms with van der Waals surface area (Å²) in [5.74, 6) is 0.603. The molecular weight excluding hydrogens is 238 g/mol. The van der Waals surface area contributed by atoms with E-state index >= 15 is 0 Å². The molecule has 1 N–H and O–H groups in total. The Labute approximate surface area is 116 Å². The van der Waals surface area contributed by atoms with Gasteiger partial charge in [0.25, 0.3) is 0 Å². The van der Waals surface area contributed by atoms with Gasteiger partial charge in [0.2, 0.25) is 0 Å². The van der Waals surface area contributed by atoms with Gasteiger partial charge in [-0.15, -0.1) is 0 Å². The maximum absolute atomic E-state index is 5.82. The van der Waals surface area contributed by atoms with Crippen LogP contribution in [-0.4, -0.2) is 28.5 Å². The van der Waals surface area contributed by atoms with Crippen LogP contribution in [0.25, 0.3) is 0 Å². The molecule has 0 saturated carbocycles. The number of hydrogen-bond donors (Lipinski definition) is 1. The Balaban J connectivity index is 1.91. The van der Waals surface area contributed by atoms with Crippen molar-refractivity contribution in [1.29, 1.82) is 0 Å². The number of ether oxygens (including phenoxy) is 1. The van der Waals surface area contributed by atoms with Crippen molar-refractivity contribution in [2.24, 2.45) is 13.0 Å². The predicted molar refractivity (Wildman–Crippen MR) is 77.1 cm³/mol. The fraction of sp³-hybridized carbons (Fsp3) is 0.800. The average molecular weight is 265 g/mol. The SMILES string of the molecule is Cc1nn(C)c(C)c1CNC1CCOC(C(C)C)C1. The molecular formula is C15H27N3O. The van der Waals surface area contributed by atoms with Gasteiger partial charge < -0.3 is 10.1 Å². The molecule has 2 atom stereocenters. The van der Waals surface area contributed by atoms with Crippen LogP contribution in [0.15, 0.2) is 0 Å². The summed E-state index contributed by atoms with van der Waals surface area (Å²) in [6, 6.07) is 0.570. The van der Waals surface area contributed by atoms with E-state index in [0.29, 0.717) is 18.1 Å². The largest absolute Gasteiger partial charge is 0.378 e. The van der Waals surface area contributed by atoms with Gasteiger partial charge in [-0.1, -0.05) is 13.8 Å². The monoisotopic (exact) mass is 265 g/mol. The lowest BCUT2D eigenvalue weighted by Gasteiger charge is -2.32. The predicted octanol–water partition coefficient (Wildman–Crippen LogP) is 2.33. The first-order chi connectivity index (χ1) is 8.99. The van der Waals surface area contributed by atoms with E-state index < -0.39 is 0 Å². The first-order valence-corrected chi connectivity index (χ1v) is 7.33. The number of nitrogens with one attached hydrogen (secondary N) is 1. The Kier molecular flexibility index (Phi) is 4.63. The minimum absolute atomic E-state index is 0.405. The van der Waals surface area contributed by atoms with Gasteiger partial charge in [0.05, 0.1) is 11.8 Å². The Hall–Kier alpha value is -0.870. The molecule has 108 valence electrons. The third kappa shape index (κ3) is 3.37. The second-order valence-electron chi connectivity index (χ2n) is 6.03. The summed E-state index contributed by atoms with van der Waals surface area (Å²) in [6.45, 7) is 10.5. The number of hydrogen-bond acceptors (Lipinski definition) is 3. The zero-order valence-electron chi connectivity index (χ0n) is 12.9. The topological polar surface area (TPSA) is 39.1 Å². The molecule has 0 aromatic carbocycles. The summed E-state index contributed by atoms with van der Waals surface area (Å²) in [4.78, 5) is 0. The van der Waals surface area contributed by atoms with Gasteiger partial charge in [0.1, 0.15) is 0 Å². The number of aryl methyl sites for hydroxylation is 2. The van der Waals surface area contributed by atoms with E-state index in [1.54, 1.807) is 0 Å². The maximum atomic E-state index is 5.82. The van der Waals surface area contributed by atoms with E-state index in [1.807, 2.05) is 11.7 Å². The van der Waals surface area contributed by atoms with Crippen LogP contribution in [0.4, 0.5) is 0 Å². The zero-order valence-corrected chi connectivity index (χ0v) is 12.9. The van der Waals surface area contributed by atoms with Crippen LogP contribution in [0, 0.1) is 19.8 Å². The van der Waals surface area contributed by atoms with E-state index in [0.717, 1.165) is 31.7 Å². The van der Waals surface area contributed by atoms with Gasteiger partial charge in [-0.25, -0.2) is 0 Å². The molecule has 0 amide bonds. The minimum Gasteiger partial charge on any atom is -0.378 e. The molecule has 1 saturated heterocycles. The van der Waals surface area contributed by atoms with Crippen molar-refractivity contribution < 1.29 is 4.74 Å². The Bertz CT molecular complexity index is 425. The van der Waals surface area contributed by atoms with Crippen molar-refractivity contribution in [1.82, 2.24) is 15.1 Å². The van der Waals surface area contributed by atoms with Gasteiger partial charge >= 0.3 is 0 Å². The van der Waals surface area contributed by atoms with E-state index in [1.165, 1.54) is 11.3 Å². The van der Waals surface area contributed by atoms with E-state index in [4.69, 9.17) is 4.74 Å². The quantitative estimate of drug-likeness (QED) is 0.908. The normalized spacial score (nSPS) is 24.1. The van der Waals surface area contributed by atoms with Crippen molar-refractivity contribution >= 4 is 0 Å². The highest BCUT2D eigenvalue weighted by atomic mass is 16.5. The van der Waals surface area contributed by atoms with Crippen LogP contribution in [0.3, 0.4) is 0 Å². The second kappa shape index (κ2) is 6.06. The molecule has 1 aliphatic rings. The summed E-state index contributed by atoms with van der Waals surface area (Å²) < 4.78 is 7.78. The molecule has 2 rings (SSSR count). The van der Waals surface area contributed by atoms with Gasteiger partial charge in [-0.3, -0.25) is 4.68 Å². The molecule has 19 heavy (non-hydrogen) atoms. The molecule has 1 aromatic heterocycles. The van der Waals surface area contributed by atoms with Crippen molar-refractivity contribution in [2.75, 3.05) is 6.61 Å². The summed E-state index contributed by atoms with van der Waals surface area (Å²) >= 11 is 0. The average Bonchev–Trinajstić information content (AvgIpc) is 2.61. The third-order valence-corrected chi connectivity index (χ3v) is 4.29. The minimum atomic E-state index is 0.405. The van der Waals surface area contributed by atoms with E-state index in [9.17, 15) is 0 Å². The van der Waals surface area contributed by atoms with Crippen LogP contribution >= 0.6 is 0 Å². The third-order valence-electron chi connectivity index (χ3n) is 4.29. The standard InChI is InChI=1S/C15H27N3O/c1-10(2)15-8-13(6-7-19-15)16-9-14-11(3)17-18(5)12(14)4/h10,13,15-16H,6-9H2,1-5H3. The lowest BCUT2D eigenvalue weighted by molar-refractivity contribution is -0.0245. The number of aromatic nitrogens is 2. The Morgan fingerprint density at radius 2 is 2.16 bits per heavy atom.